The van der Waals surface area contributed by atoms with Crippen molar-refractivity contribution in [1.29, 1.82) is 0 Å². The Morgan fingerprint density at radius 3 is 2.45 bits per heavy atom. The van der Waals surface area contributed by atoms with Crippen LogP contribution in [0.3, 0.4) is 0 Å². The summed E-state index contributed by atoms with van der Waals surface area (Å²) < 4.78 is 12.0. The molecule has 0 aliphatic heterocycles. The van der Waals surface area contributed by atoms with Gasteiger partial charge in [-0.1, -0.05) is 34.1 Å². The molecule has 0 aliphatic carbocycles. The third-order valence-electron chi connectivity index (χ3n) is 2.91. The Hall–Kier alpha value is -2.01. The smallest absolute Gasteiger partial charge is 0.260 e. The van der Waals surface area contributed by atoms with E-state index in [0.29, 0.717) is 18.9 Å². The van der Waals surface area contributed by atoms with Gasteiger partial charge in [0.2, 0.25) is 0 Å². The fraction of sp³-hybridized carbons (Fsp3) is 0.235. The fourth-order valence-electron chi connectivity index (χ4n) is 1.77. The standard InChI is InChI=1S/C17H18BrNO3/c1-13(22-16-9-7-14(18)8-10-16)17(20)19-11-12-21-15-5-3-2-4-6-15/h2-10,13H,11-12H2,1H3,(H,19,20). The SMILES string of the molecule is CC(Oc1ccc(Br)cc1)C(=O)NCCOc1ccccc1. The van der Waals surface area contributed by atoms with Crippen LogP contribution in [0.1, 0.15) is 6.92 Å². The van der Waals surface area contributed by atoms with Crippen LogP contribution in [0.2, 0.25) is 0 Å². The number of carbonyl (C=O) groups excluding carboxylic acids is 1. The number of para-hydroxylation sites is 1. The van der Waals surface area contributed by atoms with Gasteiger partial charge in [0.15, 0.2) is 6.10 Å². The lowest BCUT2D eigenvalue weighted by Gasteiger charge is -2.15. The van der Waals surface area contributed by atoms with Crippen LogP contribution in [-0.4, -0.2) is 25.2 Å². The molecule has 2 aromatic carbocycles. The van der Waals surface area contributed by atoms with Crippen molar-refractivity contribution in [3.8, 4) is 11.5 Å². The first-order valence-corrected chi connectivity index (χ1v) is 7.82. The number of carbonyl (C=O) groups is 1. The zero-order valence-corrected chi connectivity index (χ0v) is 13.9. The maximum atomic E-state index is 11.9. The highest BCUT2D eigenvalue weighted by Crippen LogP contribution is 2.17. The van der Waals surface area contributed by atoms with E-state index < -0.39 is 6.10 Å². The Kier molecular flexibility index (Phi) is 6.27. The van der Waals surface area contributed by atoms with Crippen LogP contribution in [0.15, 0.2) is 59.1 Å². The molecule has 0 saturated heterocycles. The fourth-order valence-corrected chi connectivity index (χ4v) is 2.04. The lowest BCUT2D eigenvalue weighted by atomic mass is 10.3. The molecule has 0 heterocycles. The second-order valence-electron chi connectivity index (χ2n) is 4.67. The van der Waals surface area contributed by atoms with E-state index in [4.69, 9.17) is 9.47 Å². The number of amides is 1. The Bertz CT molecular complexity index is 587. The number of halogens is 1. The van der Waals surface area contributed by atoms with Crippen LogP contribution in [-0.2, 0) is 4.79 Å². The molecule has 1 N–H and O–H groups in total. The van der Waals surface area contributed by atoms with E-state index in [-0.39, 0.29) is 5.91 Å². The topological polar surface area (TPSA) is 47.6 Å². The van der Waals surface area contributed by atoms with E-state index >= 15 is 0 Å². The lowest BCUT2D eigenvalue weighted by Crippen LogP contribution is -2.38. The van der Waals surface area contributed by atoms with Crippen molar-refractivity contribution in [3.05, 3.63) is 59.1 Å². The van der Waals surface area contributed by atoms with E-state index in [1.54, 1.807) is 6.92 Å². The second kappa shape index (κ2) is 8.44. The average molecular weight is 364 g/mol. The summed E-state index contributed by atoms with van der Waals surface area (Å²) in [7, 11) is 0. The van der Waals surface area contributed by atoms with Crippen LogP contribution >= 0.6 is 15.9 Å². The lowest BCUT2D eigenvalue weighted by molar-refractivity contribution is -0.127. The molecule has 1 atom stereocenters. The van der Waals surface area contributed by atoms with Crippen molar-refractivity contribution in [2.24, 2.45) is 0 Å². The molecule has 0 aromatic heterocycles. The minimum absolute atomic E-state index is 0.167. The summed E-state index contributed by atoms with van der Waals surface area (Å²) in [4.78, 5) is 11.9. The van der Waals surface area contributed by atoms with Gasteiger partial charge >= 0.3 is 0 Å². The van der Waals surface area contributed by atoms with E-state index in [9.17, 15) is 4.79 Å². The summed E-state index contributed by atoms with van der Waals surface area (Å²) in [6.07, 6.45) is -0.557. The van der Waals surface area contributed by atoms with Gasteiger partial charge in [-0.05, 0) is 43.3 Å². The molecule has 1 amide bonds. The molecule has 0 radical (unpaired) electrons. The van der Waals surface area contributed by atoms with Gasteiger partial charge in [-0.25, -0.2) is 0 Å². The molecule has 4 nitrogen and oxygen atoms in total. The first-order valence-electron chi connectivity index (χ1n) is 7.03. The molecule has 2 aromatic rings. The summed E-state index contributed by atoms with van der Waals surface area (Å²) in [5.41, 5.74) is 0. The van der Waals surface area contributed by atoms with Crippen molar-refractivity contribution in [2.75, 3.05) is 13.2 Å². The molecule has 1 unspecified atom stereocenters. The average Bonchev–Trinajstić information content (AvgIpc) is 2.54. The van der Waals surface area contributed by atoms with Crippen LogP contribution in [0.5, 0.6) is 11.5 Å². The Morgan fingerprint density at radius 2 is 1.77 bits per heavy atom. The molecule has 0 bridgehead atoms. The summed E-state index contributed by atoms with van der Waals surface area (Å²) in [5.74, 6) is 1.28. The minimum Gasteiger partial charge on any atom is -0.492 e. The molecule has 22 heavy (non-hydrogen) atoms. The maximum Gasteiger partial charge on any atom is 0.260 e. The van der Waals surface area contributed by atoms with Crippen LogP contribution in [0, 0.1) is 0 Å². The molecular formula is C17H18BrNO3. The van der Waals surface area contributed by atoms with E-state index in [1.165, 1.54) is 0 Å². The maximum absolute atomic E-state index is 11.9. The first-order chi connectivity index (χ1) is 10.6. The van der Waals surface area contributed by atoms with Gasteiger partial charge in [0.05, 0.1) is 6.54 Å². The monoisotopic (exact) mass is 363 g/mol. The number of ether oxygens (including phenoxy) is 2. The van der Waals surface area contributed by atoms with Gasteiger partial charge in [-0.3, -0.25) is 4.79 Å². The van der Waals surface area contributed by atoms with Crippen molar-refractivity contribution >= 4 is 21.8 Å². The van der Waals surface area contributed by atoms with Crippen LogP contribution in [0.25, 0.3) is 0 Å². The third kappa shape index (κ3) is 5.41. The predicted molar refractivity (Wildman–Crippen MR) is 89.2 cm³/mol. The Labute approximate surface area is 138 Å². The van der Waals surface area contributed by atoms with Crippen molar-refractivity contribution in [2.45, 2.75) is 13.0 Å². The van der Waals surface area contributed by atoms with Gasteiger partial charge < -0.3 is 14.8 Å². The van der Waals surface area contributed by atoms with Crippen LogP contribution < -0.4 is 14.8 Å². The van der Waals surface area contributed by atoms with Crippen molar-refractivity contribution in [3.63, 3.8) is 0 Å². The summed E-state index contributed by atoms with van der Waals surface area (Å²) in [5, 5.41) is 2.79. The van der Waals surface area contributed by atoms with Gasteiger partial charge in [-0.2, -0.15) is 0 Å². The van der Waals surface area contributed by atoms with Gasteiger partial charge in [0.1, 0.15) is 18.1 Å². The largest absolute Gasteiger partial charge is 0.492 e. The third-order valence-corrected chi connectivity index (χ3v) is 3.44. The zero-order valence-electron chi connectivity index (χ0n) is 12.3. The number of rotatable bonds is 7. The van der Waals surface area contributed by atoms with E-state index in [2.05, 4.69) is 21.2 Å². The summed E-state index contributed by atoms with van der Waals surface area (Å²) in [6.45, 7) is 2.57. The highest BCUT2D eigenvalue weighted by Gasteiger charge is 2.13. The number of benzene rings is 2. The Balaban J connectivity index is 1.69. The Morgan fingerprint density at radius 1 is 1.09 bits per heavy atom. The van der Waals surface area contributed by atoms with Crippen molar-refractivity contribution < 1.29 is 14.3 Å². The molecule has 5 heteroatoms. The molecule has 0 saturated carbocycles. The van der Waals surface area contributed by atoms with E-state index in [0.717, 1.165) is 10.2 Å². The number of nitrogens with one attached hydrogen (secondary N) is 1. The number of hydrogen-bond acceptors (Lipinski definition) is 3. The van der Waals surface area contributed by atoms with Gasteiger partial charge in [-0.15, -0.1) is 0 Å². The van der Waals surface area contributed by atoms with Gasteiger partial charge in [0.25, 0.3) is 5.91 Å². The molecule has 2 rings (SSSR count). The molecule has 0 aliphatic rings. The summed E-state index contributed by atoms with van der Waals surface area (Å²) in [6, 6.07) is 16.8. The molecule has 0 fully saturated rings. The van der Waals surface area contributed by atoms with E-state index in [1.807, 2.05) is 54.6 Å². The van der Waals surface area contributed by atoms with Gasteiger partial charge in [0, 0.05) is 4.47 Å². The quantitative estimate of drug-likeness (QED) is 0.766. The highest BCUT2D eigenvalue weighted by atomic mass is 79.9. The number of hydrogen-bond donors (Lipinski definition) is 1. The molecule has 116 valence electrons. The minimum atomic E-state index is -0.557. The van der Waals surface area contributed by atoms with Crippen molar-refractivity contribution in [1.82, 2.24) is 5.32 Å². The van der Waals surface area contributed by atoms with Crippen LogP contribution in [0.4, 0.5) is 0 Å². The zero-order chi connectivity index (χ0) is 15.8. The highest BCUT2D eigenvalue weighted by molar-refractivity contribution is 9.10. The first kappa shape index (κ1) is 16.4. The second-order valence-corrected chi connectivity index (χ2v) is 5.58. The molecule has 0 spiro atoms. The predicted octanol–water partition coefficient (Wildman–Crippen LogP) is 3.41. The normalized spacial score (nSPS) is 11.5. The molecular weight excluding hydrogens is 346 g/mol. The summed E-state index contributed by atoms with van der Waals surface area (Å²) >= 11 is 3.35.